The van der Waals surface area contributed by atoms with Gasteiger partial charge in [0.15, 0.2) is 0 Å². The van der Waals surface area contributed by atoms with Crippen LogP contribution in [0.5, 0.6) is 0 Å². The lowest BCUT2D eigenvalue weighted by Crippen LogP contribution is -2.41. The Bertz CT molecular complexity index is 551. The summed E-state index contributed by atoms with van der Waals surface area (Å²) < 4.78 is 26.8. The molecule has 0 aliphatic heterocycles. The van der Waals surface area contributed by atoms with Crippen molar-refractivity contribution < 1.29 is 8.42 Å². The number of hydrogen-bond acceptors (Lipinski definition) is 3. The van der Waals surface area contributed by atoms with Crippen LogP contribution in [-0.4, -0.2) is 32.9 Å². The summed E-state index contributed by atoms with van der Waals surface area (Å²) >= 11 is 0. The number of nitrogens with zero attached hydrogens (tertiary/aromatic N) is 1. The molecule has 19 heavy (non-hydrogen) atoms. The minimum atomic E-state index is -3.37. The maximum absolute atomic E-state index is 12.6. The lowest BCUT2D eigenvalue weighted by molar-refractivity contribution is 0.249. The van der Waals surface area contributed by atoms with Crippen LogP contribution in [0.3, 0.4) is 0 Å². The van der Waals surface area contributed by atoms with E-state index in [0.29, 0.717) is 11.4 Å². The topological polar surface area (TPSA) is 49.4 Å². The molecule has 0 atom stereocenters. The van der Waals surface area contributed by atoms with Crippen molar-refractivity contribution in [1.29, 1.82) is 0 Å². The fourth-order valence-corrected chi connectivity index (χ4v) is 4.11. The van der Waals surface area contributed by atoms with E-state index in [9.17, 15) is 8.42 Å². The smallest absolute Gasteiger partial charge is 0.243 e. The second kappa shape index (κ2) is 5.61. The maximum Gasteiger partial charge on any atom is 0.243 e. The van der Waals surface area contributed by atoms with Gasteiger partial charge in [-0.3, -0.25) is 0 Å². The van der Waals surface area contributed by atoms with Gasteiger partial charge in [-0.25, -0.2) is 8.42 Å². The van der Waals surface area contributed by atoms with Gasteiger partial charge in [-0.2, -0.15) is 4.31 Å². The molecule has 1 aromatic carbocycles. The van der Waals surface area contributed by atoms with Crippen molar-refractivity contribution in [3.05, 3.63) is 29.3 Å². The molecular formula is C14H22N2O2S. The summed E-state index contributed by atoms with van der Waals surface area (Å²) in [6.45, 7) is 2.57. The summed E-state index contributed by atoms with van der Waals surface area (Å²) in [6.07, 6.45) is 3.08. The normalized spacial score (nSPS) is 16.6. The third-order valence-electron chi connectivity index (χ3n) is 4.01. The maximum atomic E-state index is 12.6. The van der Waals surface area contributed by atoms with Crippen molar-refractivity contribution in [1.82, 2.24) is 9.62 Å². The molecule has 0 spiro atoms. The number of nitrogens with one attached hydrogen (secondary N) is 1. The van der Waals surface area contributed by atoms with E-state index in [1.807, 2.05) is 26.1 Å². The van der Waals surface area contributed by atoms with Crippen LogP contribution in [0.1, 0.15) is 30.4 Å². The van der Waals surface area contributed by atoms with E-state index in [0.717, 1.165) is 30.4 Å². The van der Waals surface area contributed by atoms with Crippen molar-refractivity contribution in [3.8, 4) is 0 Å². The van der Waals surface area contributed by atoms with Crippen molar-refractivity contribution in [2.75, 3.05) is 14.1 Å². The Morgan fingerprint density at radius 2 is 2.05 bits per heavy atom. The highest BCUT2D eigenvalue weighted by Crippen LogP contribution is 2.30. The highest BCUT2D eigenvalue weighted by molar-refractivity contribution is 7.89. The summed E-state index contributed by atoms with van der Waals surface area (Å²) in [4.78, 5) is 0.439. The highest BCUT2D eigenvalue weighted by Gasteiger charge is 2.32. The third-order valence-corrected chi connectivity index (χ3v) is 6.06. The summed E-state index contributed by atoms with van der Waals surface area (Å²) in [5, 5.41) is 3.07. The zero-order valence-corrected chi connectivity index (χ0v) is 12.6. The fraction of sp³-hybridized carbons (Fsp3) is 0.571. The van der Waals surface area contributed by atoms with Crippen LogP contribution in [0.2, 0.25) is 0 Å². The molecule has 4 nitrogen and oxygen atoms in total. The molecule has 1 aliphatic rings. The number of rotatable bonds is 5. The molecule has 106 valence electrons. The molecule has 0 heterocycles. The Morgan fingerprint density at radius 1 is 1.37 bits per heavy atom. The van der Waals surface area contributed by atoms with E-state index >= 15 is 0 Å². The molecule has 5 heteroatoms. The quantitative estimate of drug-likeness (QED) is 0.897. The van der Waals surface area contributed by atoms with Gasteiger partial charge >= 0.3 is 0 Å². The molecule has 0 amide bonds. The van der Waals surface area contributed by atoms with E-state index < -0.39 is 10.0 Å². The molecule has 0 radical (unpaired) electrons. The SMILES string of the molecule is CNCc1cccc(S(=O)(=O)N(C)C2CCC2)c1C. The van der Waals surface area contributed by atoms with Crippen LogP contribution >= 0.6 is 0 Å². The lowest BCUT2D eigenvalue weighted by atomic mass is 9.94. The van der Waals surface area contributed by atoms with Gasteiger partial charge in [-0.1, -0.05) is 18.6 Å². The Kier molecular flexibility index (Phi) is 4.28. The predicted molar refractivity (Wildman–Crippen MR) is 76.5 cm³/mol. The molecule has 1 N–H and O–H groups in total. The molecule has 2 rings (SSSR count). The van der Waals surface area contributed by atoms with Crippen molar-refractivity contribution in [2.24, 2.45) is 0 Å². The van der Waals surface area contributed by atoms with Crippen molar-refractivity contribution in [3.63, 3.8) is 0 Å². The van der Waals surface area contributed by atoms with Crippen LogP contribution in [0.25, 0.3) is 0 Å². The number of hydrogen-bond donors (Lipinski definition) is 1. The van der Waals surface area contributed by atoms with E-state index in [2.05, 4.69) is 5.32 Å². The first kappa shape index (κ1) is 14.5. The highest BCUT2D eigenvalue weighted by atomic mass is 32.2. The van der Waals surface area contributed by atoms with Crippen LogP contribution in [-0.2, 0) is 16.6 Å². The minimum absolute atomic E-state index is 0.178. The van der Waals surface area contributed by atoms with Gasteiger partial charge in [-0.15, -0.1) is 0 Å². The molecule has 0 unspecified atom stereocenters. The zero-order valence-electron chi connectivity index (χ0n) is 11.8. The molecule has 1 aromatic rings. The second-order valence-corrected chi connectivity index (χ2v) is 7.14. The van der Waals surface area contributed by atoms with Gasteiger partial charge in [0.1, 0.15) is 0 Å². The van der Waals surface area contributed by atoms with E-state index in [1.54, 1.807) is 17.4 Å². The molecule has 1 fully saturated rings. The predicted octanol–water partition coefficient (Wildman–Crippen LogP) is 1.89. The first-order chi connectivity index (χ1) is 8.98. The summed E-state index contributed by atoms with van der Waals surface area (Å²) in [6, 6.07) is 5.67. The van der Waals surface area contributed by atoms with E-state index in [-0.39, 0.29) is 6.04 Å². The third kappa shape index (κ3) is 2.68. The second-order valence-electron chi connectivity index (χ2n) is 5.18. The largest absolute Gasteiger partial charge is 0.316 e. The molecular weight excluding hydrogens is 260 g/mol. The first-order valence-corrected chi connectivity index (χ1v) is 8.13. The molecule has 0 saturated heterocycles. The van der Waals surface area contributed by atoms with Gasteiger partial charge in [0.2, 0.25) is 10.0 Å². The van der Waals surface area contributed by atoms with Crippen molar-refractivity contribution >= 4 is 10.0 Å². The summed E-state index contributed by atoms with van der Waals surface area (Å²) in [7, 11) is 0.195. The Hall–Kier alpha value is -0.910. The van der Waals surface area contributed by atoms with Gasteiger partial charge in [0.05, 0.1) is 4.90 Å². The van der Waals surface area contributed by atoms with Crippen LogP contribution in [0.15, 0.2) is 23.1 Å². The number of benzene rings is 1. The molecule has 1 saturated carbocycles. The van der Waals surface area contributed by atoms with Crippen LogP contribution in [0, 0.1) is 6.92 Å². The van der Waals surface area contributed by atoms with Crippen LogP contribution in [0.4, 0.5) is 0 Å². The fourth-order valence-electron chi connectivity index (χ4n) is 2.42. The summed E-state index contributed by atoms with van der Waals surface area (Å²) in [5.74, 6) is 0. The van der Waals surface area contributed by atoms with E-state index in [1.165, 1.54) is 0 Å². The molecule has 0 aromatic heterocycles. The summed E-state index contributed by atoms with van der Waals surface area (Å²) in [5.41, 5.74) is 1.88. The van der Waals surface area contributed by atoms with Gasteiger partial charge in [0, 0.05) is 19.6 Å². The first-order valence-electron chi connectivity index (χ1n) is 6.69. The van der Waals surface area contributed by atoms with Crippen molar-refractivity contribution in [2.45, 2.75) is 43.7 Å². The molecule has 0 bridgehead atoms. The van der Waals surface area contributed by atoms with E-state index in [4.69, 9.17) is 0 Å². The van der Waals surface area contributed by atoms with Gasteiger partial charge < -0.3 is 5.32 Å². The zero-order chi connectivity index (χ0) is 14.0. The average molecular weight is 282 g/mol. The number of sulfonamides is 1. The Morgan fingerprint density at radius 3 is 2.58 bits per heavy atom. The average Bonchev–Trinajstić information content (AvgIpc) is 2.29. The Labute approximate surface area is 115 Å². The lowest BCUT2D eigenvalue weighted by Gasteiger charge is -2.34. The molecule has 1 aliphatic carbocycles. The monoisotopic (exact) mass is 282 g/mol. The minimum Gasteiger partial charge on any atom is -0.316 e. The van der Waals surface area contributed by atoms with Gasteiger partial charge in [-0.05, 0) is 44.0 Å². The standard InChI is InChI=1S/C14H22N2O2S/c1-11-12(10-15-2)6-4-9-14(11)19(17,18)16(3)13-7-5-8-13/h4,6,9,13,15H,5,7-8,10H2,1-3H3. The van der Waals surface area contributed by atoms with Gasteiger partial charge in [0.25, 0.3) is 0 Å². The Balaban J connectivity index is 2.37. The van der Waals surface area contributed by atoms with Crippen LogP contribution < -0.4 is 5.32 Å².